The molecule has 2 atom stereocenters. The zero-order chi connectivity index (χ0) is 20.3. The number of rotatable bonds is 4. The summed E-state index contributed by atoms with van der Waals surface area (Å²) in [5.74, 6) is 0.605. The SMILES string of the molecule is Cc1ccc(S(=O)(=O)N2CC[C@H](c3ccccc3)[C@H](c3ccccc3)CC2)cc1. The first-order valence-corrected chi connectivity index (χ1v) is 11.7. The second-order valence-electron chi connectivity index (χ2n) is 7.83. The quantitative estimate of drug-likeness (QED) is 0.587. The van der Waals surface area contributed by atoms with Crippen LogP contribution in [-0.4, -0.2) is 25.8 Å². The lowest BCUT2D eigenvalue weighted by Gasteiger charge is -2.25. The van der Waals surface area contributed by atoms with Crippen LogP contribution in [0.1, 0.15) is 41.4 Å². The lowest BCUT2D eigenvalue weighted by Crippen LogP contribution is -2.32. The Labute approximate surface area is 174 Å². The largest absolute Gasteiger partial charge is 0.243 e. The summed E-state index contributed by atoms with van der Waals surface area (Å²) in [6.45, 7) is 3.05. The first-order valence-electron chi connectivity index (χ1n) is 10.2. The molecule has 3 aromatic carbocycles. The molecular formula is C25H27NO2S. The Morgan fingerprint density at radius 3 is 1.59 bits per heavy atom. The lowest BCUT2D eigenvalue weighted by atomic mass is 9.78. The van der Waals surface area contributed by atoms with Crippen LogP contribution >= 0.6 is 0 Å². The number of hydrogen-bond acceptors (Lipinski definition) is 2. The number of nitrogens with zero attached hydrogens (tertiary/aromatic N) is 1. The van der Waals surface area contributed by atoms with E-state index < -0.39 is 10.0 Å². The van der Waals surface area contributed by atoms with Crippen LogP contribution in [0.5, 0.6) is 0 Å². The maximum absolute atomic E-state index is 13.3. The van der Waals surface area contributed by atoms with Crippen molar-refractivity contribution in [1.82, 2.24) is 4.31 Å². The standard InChI is InChI=1S/C25H27NO2S/c1-20-12-14-23(15-13-20)29(27,28)26-18-16-24(21-8-4-2-5-9-21)25(17-19-26)22-10-6-3-7-11-22/h2-15,24-25H,16-19H2,1H3/t24-,25+. The molecule has 0 aromatic heterocycles. The van der Waals surface area contributed by atoms with E-state index in [0.717, 1.165) is 18.4 Å². The molecule has 29 heavy (non-hydrogen) atoms. The van der Waals surface area contributed by atoms with E-state index in [4.69, 9.17) is 0 Å². The maximum Gasteiger partial charge on any atom is 0.243 e. The fourth-order valence-corrected chi connectivity index (χ4v) is 5.85. The smallest absolute Gasteiger partial charge is 0.207 e. The van der Waals surface area contributed by atoms with Gasteiger partial charge in [-0.2, -0.15) is 4.31 Å². The van der Waals surface area contributed by atoms with Crippen molar-refractivity contribution in [2.45, 2.75) is 36.5 Å². The van der Waals surface area contributed by atoms with Gasteiger partial charge in [-0.3, -0.25) is 0 Å². The second kappa shape index (κ2) is 8.52. The molecule has 4 heteroatoms. The first kappa shape index (κ1) is 19.9. The van der Waals surface area contributed by atoms with E-state index >= 15 is 0 Å². The third-order valence-electron chi connectivity index (χ3n) is 5.98. The molecule has 0 bridgehead atoms. The average Bonchev–Trinajstić information content (AvgIpc) is 2.99. The van der Waals surface area contributed by atoms with Crippen molar-refractivity contribution in [2.24, 2.45) is 0 Å². The van der Waals surface area contributed by atoms with Gasteiger partial charge in [0.25, 0.3) is 0 Å². The van der Waals surface area contributed by atoms with Crippen LogP contribution in [0.2, 0.25) is 0 Å². The number of sulfonamides is 1. The highest BCUT2D eigenvalue weighted by Gasteiger charge is 2.33. The molecule has 4 rings (SSSR count). The molecule has 0 aliphatic carbocycles. The van der Waals surface area contributed by atoms with E-state index in [1.165, 1.54) is 11.1 Å². The molecule has 0 spiro atoms. The second-order valence-corrected chi connectivity index (χ2v) is 9.77. The van der Waals surface area contributed by atoms with Crippen molar-refractivity contribution < 1.29 is 8.42 Å². The van der Waals surface area contributed by atoms with Crippen molar-refractivity contribution in [1.29, 1.82) is 0 Å². The van der Waals surface area contributed by atoms with Crippen LogP contribution in [0.15, 0.2) is 89.8 Å². The third-order valence-corrected chi connectivity index (χ3v) is 7.89. The molecule has 0 saturated carbocycles. The predicted molar refractivity (Wildman–Crippen MR) is 118 cm³/mol. The molecule has 1 saturated heterocycles. The van der Waals surface area contributed by atoms with Crippen LogP contribution in [0.25, 0.3) is 0 Å². The number of hydrogen-bond donors (Lipinski definition) is 0. The van der Waals surface area contributed by atoms with E-state index in [9.17, 15) is 8.42 Å². The maximum atomic E-state index is 13.3. The zero-order valence-corrected chi connectivity index (χ0v) is 17.6. The Morgan fingerprint density at radius 2 is 1.14 bits per heavy atom. The lowest BCUT2D eigenvalue weighted by molar-refractivity contribution is 0.421. The Kier molecular flexibility index (Phi) is 5.84. The first-order chi connectivity index (χ1) is 14.1. The minimum atomic E-state index is -3.48. The Hall–Kier alpha value is -2.43. The van der Waals surface area contributed by atoms with Crippen molar-refractivity contribution in [3.63, 3.8) is 0 Å². The van der Waals surface area contributed by atoms with Gasteiger partial charge < -0.3 is 0 Å². The summed E-state index contributed by atoms with van der Waals surface area (Å²) < 4.78 is 28.2. The highest BCUT2D eigenvalue weighted by Crippen LogP contribution is 2.41. The van der Waals surface area contributed by atoms with E-state index in [2.05, 4.69) is 48.5 Å². The molecule has 1 aliphatic heterocycles. The highest BCUT2D eigenvalue weighted by molar-refractivity contribution is 7.89. The summed E-state index contributed by atoms with van der Waals surface area (Å²) in [6.07, 6.45) is 1.63. The molecule has 1 heterocycles. The van der Waals surface area contributed by atoms with Crippen LogP contribution in [0.4, 0.5) is 0 Å². The normalized spacial score (nSPS) is 20.9. The van der Waals surface area contributed by atoms with Crippen LogP contribution < -0.4 is 0 Å². The van der Waals surface area contributed by atoms with E-state index in [0.29, 0.717) is 29.8 Å². The molecule has 0 N–H and O–H groups in total. The summed E-state index contributed by atoms with van der Waals surface area (Å²) in [4.78, 5) is 0.387. The number of benzene rings is 3. The van der Waals surface area contributed by atoms with Crippen LogP contribution in [0, 0.1) is 6.92 Å². The zero-order valence-electron chi connectivity index (χ0n) is 16.7. The highest BCUT2D eigenvalue weighted by atomic mass is 32.2. The van der Waals surface area contributed by atoms with E-state index in [-0.39, 0.29) is 0 Å². The molecule has 150 valence electrons. The molecule has 1 fully saturated rings. The Morgan fingerprint density at radius 1 is 0.690 bits per heavy atom. The fraction of sp³-hybridized carbons (Fsp3) is 0.280. The summed E-state index contributed by atoms with van der Waals surface area (Å²) in [6, 6.07) is 28.2. The molecule has 0 amide bonds. The molecule has 0 radical (unpaired) electrons. The van der Waals surface area contributed by atoms with Crippen molar-refractivity contribution in [3.05, 3.63) is 102 Å². The van der Waals surface area contributed by atoms with Crippen molar-refractivity contribution >= 4 is 10.0 Å². The minimum Gasteiger partial charge on any atom is -0.207 e. The van der Waals surface area contributed by atoms with Gasteiger partial charge in [-0.1, -0.05) is 78.4 Å². The Bertz CT molecular complexity index is 982. The van der Waals surface area contributed by atoms with Crippen LogP contribution in [0.3, 0.4) is 0 Å². The van der Waals surface area contributed by atoms with Crippen molar-refractivity contribution in [2.75, 3.05) is 13.1 Å². The third kappa shape index (κ3) is 4.29. The van der Waals surface area contributed by atoms with Gasteiger partial charge in [0.1, 0.15) is 0 Å². The predicted octanol–water partition coefficient (Wildman–Crippen LogP) is 5.35. The average molecular weight is 406 g/mol. The van der Waals surface area contributed by atoms with Gasteiger partial charge in [0.15, 0.2) is 0 Å². The van der Waals surface area contributed by atoms with E-state index in [1.807, 2.05) is 31.2 Å². The molecule has 1 aliphatic rings. The Balaban J connectivity index is 1.66. The fourth-order valence-electron chi connectivity index (χ4n) is 4.38. The number of aryl methyl sites for hydroxylation is 1. The van der Waals surface area contributed by atoms with Crippen LogP contribution in [-0.2, 0) is 10.0 Å². The van der Waals surface area contributed by atoms with Crippen molar-refractivity contribution in [3.8, 4) is 0 Å². The van der Waals surface area contributed by atoms with Gasteiger partial charge in [-0.15, -0.1) is 0 Å². The summed E-state index contributed by atoms with van der Waals surface area (Å²) >= 11 is 0. The van der Waals surface area contributed by atoms with Gasteiger partial charge >= 0.3 is 0 Å². The van der Waals surface area contributed by atoms with Gasteiger partial charge in [0.2, 0.25) is 10.0 Å². The van der Waals surface area contributed by atoms with E-state index in [1.54, 1.807) is 16.4 Å². The van der Waals surface area contributed by atoms with Gasteiger partial charge in [-0.25, -0.2) is 8.42 Å². The molecule has 3 aromatic rings. The molecule has 3 nitrogen and oxygen atoms in total. The van der Waals surface area contributed by atoms with Gasteiger partial charge in [-0.05, 0) is 54.9 Å². The summed E-state index contributed by atoms with van der Waals surface area (Å²) in [5.41, 5.74) is 3.64. The van der Waals surface area contributed by atoms with Gasteiger partial charge in [0, 0.05) is 13.1 Å². The topological polar surface area (TPSA) is 37.4 Å². The molecule has 0 unspecified atom stereocenters. The molecular weight excluding hydrogens is 378 g/mol. The summed E-state index contributed by atoms with van der Waals surface area (Å²) in [7, 11) is -3.48. The summed E-state index contributed by atoms with van der Waals surface area (Å²) in [5, 5.41) is 0. The monoisotopic (exact) mass is 405 g/mol. The van der Waals surface area contributed by atoms with Gasteiger partial charge in [0.05, 0.1) is 4.90 Å². The minimum absolute atomic E-state index is 0.303.